The van der Waals surface area contributed by atoms with Crippen LogP contribution in [0.4, 0.5) is 27.8 Å². The summed E-state index contributed by atoms with van der Waals surface area (Å²) in [5.41, 5.74) is 5.52. The van der Waals surface area contributed by atoms with Crippen molar-refractivity contribution < 1.29 is 36.0 Å². The van der Waals surface area contributed by atoms with Crippen LogP contribution in [0.15, 0.2) is 65.4 Å². The number of carbonyl (C=O) groups excluding carboxylic acids is 2. The number of carbonyl (C=O) groups is 2. The average Bonchev–Trinajstić information content (AvgIpc) is 3.37. The summed E-state index contributed by atoms with van der Waals surface area (Å²) in [5.74, 6) is -3.35. The summed E-state index contributed by atoms with van der Waals surface area (Å²) in [6.07, 6.45) is -0.150. The number of rotatable bonds is 6. The Bertz CT molecular complexity index is 1640. The number of benzene rings is 1. The van der Waals surface area contributed by atoms with Crippen LogP contribution >= 0.6 is 0 Å². The van der Waals surface area contributed by atoms with Crippen molar-refractivity contribution >= 4 is 34.7 Å². The van der Waals surface area contributed by atoms with E-state index >= 15 is 0 Å². The van der Waals surface area contributed by atoms with E-state index in [1.165, 1.54) is 53.7 Å². The van der Waals surface area contributed by atoms with Crippen LogP contribution in [-0.2, 0) is 17.5 Å². The molecule has 0 unspecified atom stereocenters. The van der Waals surface area contributed by atoms with Gasteiger partial charge in [0.15, 0.2) is 0 Å². The molecule has 0 spiro atoms. The van der Waals surface area contributed by atoms with Gasteiger partial charge in [-0.25, -0.2) is 13.8 Å². The molecule has 0 aliphatic carbocycles. The second-order valence-corrected chi connectivity index (χ2v) is 9.79. The van der Waals surface area contributed by atoms with Crippen LogP contribution in [0, 0.1) is 0 Å². The molecule has 0 bridgehead atoms. The first-order valence-electron chi connectivity index (χ1n) is 12.8. The van der Waals surface area contributed by atoms with Crippen LogP contribution in [0.2, 0.25) is 0 Å². The zero-order valence-electron chi connectivity index (χ0n) is 21.9. The van der Waals surface area contributed by atoms with Gasteiger partial charge in [-0.15, -0.1) is 0 Å². The first kappa shape index (κ1) is 28.7. The van der Waals surface area contributed by atoms with Crippen molar-refractivity contribution in [3.05, 3.63) is 83.4 Å². The van der Waals surface area contributed by atoms with Crippen molar-refractivity contribution in [1.29, 1.82) is 0 Å². The minimum absolute atomic E-state index is 0.0660. The van der Waals surface area contributed by atoms with E-state index in [0.29, 0.717) is 11.4 Å². The van der Waals surface area contributed by atoms with Crippen molar-refractivity contribution in [3.63, 3.8) is 0 Å². The Labute approximate surface area is 236 Å². The van der Waals surface area contributed by atoms with Crippen LogP contribution in [-0.4, -0.2) is 45.7 Å². The smallest absolute Gasteiger partial charge is 0.417 e. The number of anilines is 1. The number of halogens is 5. The number of fused-ring (bicyclic) bond motifs is 1. The molecular weight excluding hydrogens is 561 g/mol. The van der Waals surface area contributed by atoms with E-state index in [2.05, 4.69) is 15.3 Å². The third kappa shape index (κ3) is 6.56. The lowest BCUT2D eigenvalue weighted by atomic mass is 10.0. The van der Waals surface area contributed by atoms with E-state index in [-0.39, 0.29) is 53.2 Å². The lowest BCUT2D eigenvalue weighted by molar-refractivity contribution is -0.136. The van der Waals surface area contributed by atoms with Crippen molar-refractivity contribution in [2.45, 2.75) is 31.5 Å². The number of nitrogen functional groups attached to an aromatic ring is 1. The maximum atomic E-state index is 14.0. The Hall–Kier alpha value is -4.81. The van der Waals surface area contributed by atoms with E-state index in [0.717, 1.165) is 6.07 Å². The molecule has 0 saturated carbocycles. The molecule has 5 rings (SSSR count). The van der Waals surface area contributed by atoms with Crippen LogP contribution < -0.4 is 11.1 Å². The Morgan fingerprint density at radius 1 is 1.05 bits per heavy atom. The number of nitrogens with zero attached hydrogens (tertiary/aromatic N) is 3. The number of furan rings is 1. The molecule has 4 heterocycles. The molecule has 3 N–H and O–H groups in total. The Kier molecular flexibility index (Phi) is 7.67. The first-order valence-corrected chi connectivity index (χ1v) is 12.8. The van der Waals surface area contributed by atoms with E-state index < -0.39 is 42.3 Å². The highest BCUT2D eigenvalue weighted by Gasteiger charge is 2.36. The highest BCUT2D eigenvalue weighted by atomic mass is 19.4. The summed E-state index contributed by atoms with van der Waals surface area (Å²) in [7, 11) is 0. The van der Waals surface area contributed by atoms with Gasteiger partial charge < -0.3 is 20.4 Å². The van der Waals surface area contributed by atoms with Crippen molar-refractivity contribution in [1.82, 2.24) is 20.2 Å². The molecule has 2 amide bonds. The first-order chi connectivity index (χ1) is 19.9. The number of amides is 2. The van der Waals surface area contributed by atoms with E-state index in [1.54, 1.807) is 12.1 Å². The molecule has 218 valence electrons. The number of nitrogens with one attached hydrogen (secondary N) is 1. The number of piperidine rings is 1. The second kappa shape index (κ2) is 11.2. The molecule has 1 saturated heterocycles. The van der Waals surface area contributed by atoms with E-state index in [9.17, 15) is 31.5 Å². The summed E-state index contributed by atoms with van der Waals surface area (Å²) >= 11 is 0. The standard InChI is InChI=1S/C29H24F5N5O3/c30-28(31)7-9-39(10-8-28)27(41)18-3-4-23(36-15-18)19-11-22(29(32,33)34)21-13-20(42-24(21)12-19)16-38-26(40)6-2-17-1-5-25(35)37-14-17/h1-6,11-15H,7-10,16H2,(H2,35,37)(H,38,40)/b6-2+. The molecule has 8 nitrogen and oxygen atoms in total. The normalized spacial score (nSPS) is 15.3. The molecule has 13 heteroatoms. The van der Waals surface area contributed by atoms with E-state index in [1.807, 2.05) is 0 Å². The largest absolute Gasteiger partial charge is 0.459 e. The van der Waals surface area contributed by atoms with Crippen molar-refractivity contribution in [2.24, 2.45) is 0 Å². The molecule has 1 fully saturated rings. The molecule has 0 radical (unpaired) electrons. The number of nitrogens with two attached hydrogens (primary N) is 1. The fourth-order valence-corrected chi connectivity index (χ4v) is 4.49. The molecule has 42 heavy (non-hydrogen) atoms. The summed E-state index contributed by atoms with van der Waals surface area (Å²) in [6, 6.07) is 9.56. The van der Waals surface area contributed by atoms with Gasteiger partial charge in [0.25, 0.3) is 11.8 Å². The molecule has 0 atom stereocenters. The summed E-state index contributed by atoms with van der Waals surface area (Å²) in [4.78, 5) is 34.3. The number of hydrogen-bond donors (Lipinski definition) is 2. The Balaban J connectivity index is 1.33. The van der Waals surface area contributed by atoms with Crippen molar-refractivity contribution in [2.75, 3.05) is 18.8 Å². The summed E-state index contributed by atoms with van der Waals surface area (Å²) < 4.78 is 74.5. The fraction of sp³-hybridized carbons (Fsp3) is 0.241. The predicted octanol–water partition coefficient (Wildman–Crippen LogP) is 5.69. The van der Waals surface area contributed by atoms with Crippen LogP contribution in [0.5, 0.6) is 0 Å². The Morgan fingerprint density at radius 2 is 1.81 bits per heavy atom. The zero-order valence-corrected chi connectivity index (χ0v) is 21.9. The van der Waals surface area contributed by atoms with Crippen LogP contribution in [0.1, 0.15) is 40.1 Å². The Morgan fingerprint density at radius 3 is 2.45 bits per heavy atom. The SMILES string of the molecule is Nc1ccc(/C=C/C(=O)NCc2cc3c(C(F)(F)F)cc(-c4ccc(C(=O)N5CCC(F)(F)CC5)cn4)cc3o2)cn1. The second-order valence-electron chi connectivity index (χ2n) is 9.79. The van der Waals surface area contributed by atoms with Gasteiger partial charge in [0.05, 0.1) is 23.4 Å². The number of likely N-dealkylation sites (tertiary alicyclic amines) is 1. The van der Waals surface area contributed by atoms with Gasteiger partial charge >= 0.3 is 6.18 Å². The monoisotopic (exact) mass is 585 g/mol. The predicted molar refractivity (Wildman–Crippen MR) is 144 cm³/mol. The molecule has 1 aliphatic rings. The maximum Gasteiger partial charge on any atom is 0.417 e. The van der Waals surface area contributed by atoms with Crippen LogP contribution in [0.3, 0.4) is 0 Å². The minimum Gasteiger partial charge on any atom is -0.459 e. The third-order valence-electron chi connectivity index (χ3n) is 6.76. The van der Waals surface area contributed by atoms with Gasteiger partial charge in [0, 0.05) is 55.4 Å². The number of aromatic nitrogens is 2. The molecule has 4 aromatic rings. The van der Waals surface area contributed by atoms with Gasteiger partial charge in [0.1, 0.15) is 17.2 Å². The highest BCUT2D eigenvalue weighted by molar-refractivity contribution is 5.94. The van der Waals surface area contributed by atoms with Crippen LogP contribution in [0.25, 0.3) is 28.3 Å². The number of hydrogen-bond acceptors (Lipinski definition) is 6. The molecule has 1 aliphatic heterocycles. The molecule has 3 aromatic heterocycles. The topological polar surface area (TPSA) is 114 Å². The lowest BCUT2D eigenvalue weighted by Crippen LogP contribution is -2.42. The molecule has 1 aromatic carbocycles. The van der Waals surface area contributed by atoms with Gasteiger partial charge in [0.2, 0.25) is 5.91 Å². The lowest BCUT2D eigenvalue weighted by Gasteiger charge is -2.31. The quantitative estimate of drug-likeness (QED) is 0.222. The van der Waals surface area contributed by atoms with E-state index in [4.69, 9.17) is 10.2 Å². The molecular formula is C29H24F5N5O3. The third-order valence-corrected chi connectivity index (χ3v) is 6.76. The average molecular weight is 586 g/mol. The minimum atomic E-state index is -4.72. The zero-order chi connectivity index (χ0) is 30.1. The van der Waals surface area contributed by atoms with Crippen molar-refractivity contribution in [3.8, 4) is 11.3 Å². The van der Waals surface area contributed by atoms with Gasteiger partial charge in [-0.2, -0.15) is 13.2 Å². The highest BCUT2D eigenvalue weighted by Crippen LogP contribution is 2.39. The number of pyridine rings is 2. The van der Waals surface area contributed by atoms with Gasteiger partial charge in [-0.1, -0.05) is 0 Å². The van der Waals surface area contributed by atoms with Gasteiger partial charge in [-0.05, 0) is 54.1 Å². The summed E-state index contributed by atoms with van der Waals surface area (Å²) in [5, 5.41) is 2.37. The number of alkyl halides is 5. The van der Waals surface area contributed by atoms with Gasteiger partial charge in [-0.3, -0.25) is 14.6 Å². The fourth-order valence-electron chi connectivity index (χ4n) is 4.49. The summed E-state index contributed by atoms with van der Waals surface area (Å²) in [6.45, 7) is -0.365. The maximum absolute atomic E-state index is 14.0.